The van der Waals surface area contributed by atoms with Crippen LogP contribution < -0.4 is 11.1 Å². The van der Waals surface area contributed by atoms with Gasteiger partial charge in [0.15, 0.2) is 5.96 Å². The molecule has 0 unspecified atom stereocenters. The molecule has 3 N–H and O–H groups in total. The molecule has 1 saturated carbocycles. The summed E-state index contributed by atoms with van der Waals surface area (Å²) in [4.78, 5) is 9.33. The van der Waals surface area contributed by atoms with Gasteiger partial charge in [-0.15, -0.1) is 24.0 Å². The number of guanidine groups is 1. The molecule has 112 valence electrons. The lowest BCUT2D eigenvalue weighted by Gasteiger charge is -2.19. The molecule has 0 aromatic rings. The van der Waals surface area contributed by atoms with E-state index in [0.29, 0.717) is 12.0 Å². The van der Waals surface area contributed by atoms with Crippen LogP contribution in [-0.4, -0.2) is 68.1 Å². The fourth-order valence-corrected chi connectivity index (χ4v) is 2.30. The van der Waals surface area contributed by atoms with Gasteiger partial charge in [0, 0.05) is 25.7 Å². The van der Waals surface area contributed by atoms with Gasteiger partial charge in [-0.05, 0) is 52.4 Å². The van der Waals surface area contributed by atoms with Gasteiger partial charge in [0.2, 0.25) is 0 Å². The molecule has 1 heterocycles. The minimum absolute atomic E-state index is 0. The molecule has 0 amide bonds. The first-order valence-corrected chi connectivity index (χ1v) is 7.21. The Hall–Kier alpha value is -0.0800. The fraction of sp³-hybridized carbons (Fsp3) is 0.923. The minimum atomic E-state index is 0. The van der Waals surface area contributed by atoms with E-state index in [4.69, 9.17) is 5.73 Å². The van der Waals surface area contributed by atoms with Gasteiger partial charge in [0.1, 0.15) is 0 Å². The Morgan fingerprint density at radius 2 is 2.05 bits per heavy atom. The number of rotatable bonds is 5. The van der Waals surface area contributed by atoms with Gasteiger partial charge in [0.25, 0.3) is 0 Å². The van der Waals surface area contributed by atoms with Crippen molar-refractivity contribution in [1.29, 1.82) is 0 Å². The lowest BCUT2D eigenvalue weighted by atomic mass is 10.3. The zero-order valence-electron chi connectivity index (χ0n) is 12.0. The van der Waals surface area contributed by atoms with Gasteiger partial charge < -0.3 is 20.9 Å². The molecule has 0 aromatic carbocycles. The second-order valence-electron chi connectivity index (χ2n) is 5.54. The average molecular weight is 381 g/mol. The van der Waals surface area contributed by atoms with Crippen LogP contribution >= 0.6 is 24.0 Å². The predicted molar refractivity (Wildman–Crippen MR) is 91.2 cm³/mol. The molecular formula is C13H28IN5. The van der Waals surface area contributed by atoms with Crippen LogP contribution in [0.4, 0.5) is 0 Å². The van der Waals surface area contributed by atoms with Crippen molar-refractivity contribution >= 4 is 29.9 Å². The highest BCUT2D eigenvalue weighted by atomic mass is 127. The van der Waals surface area contributed by atoms with Crippen molar-refractivity contribution in [1.82, 2.24) is 15.1 Å². The first-order chi connectivity index (χ1) is 8.74. The van der Waals surface area contributed by atoms with Gasteiger partial charge in [-0.2, -0.15) is 0 Å². The fourth-order valence-electron chi connectivity index (χ4n) is 2.30. The molecule has 0 aromatic heterocycles. The summed E-state index contributed by atoms with van der Waals surface area (Å²) in [6, 6.07) is 0.606. The van der Waals surface area contributed by atoms with Crippen LogP contribution in [-0.2, 0) is 0 Å². The van der Waals surface area contributed by atoms with Crippen LogP contribution in [0.3, 0.4) is 0 Å². The number of nitrogens with zero attached hydrogens (tertiary/aromatic N) is 3. The Morgan fingerprint density at radius 3 is 2.79 bits per heavy atom. The van der Waals surface area contributed by atoms with E-state index >= 15 is 0 Å². The highest BCUT2D eigenvalue weighted by Gasteiger charge is 2.21. The van der Waals surface area contributed by atoms with Crippen molar-refractivity contribution < 1.29 is 0 Å². The van der Waals surface area contributed by atoms with Gasteiger partial charge in [-0.3, -0.25) is 4.99 Å². The molecule has 1 aliphatic heterocycles. The SMILES string of the molecule is CN1CCCN(CCCN=C(N)NC2CC2)CC1.I. The topological polar surface area (TPSA) is 56.9 Å². The van der Waals surface area contributed by atoms with Crippen LogP contribution in [0.15, 0.2) is 4.99 Å². The molecule has 19 heavy (non-hydrogen) atoms. The van der Waals surface area contributed by atoms with Gasteiger partial charge in [0.05, 0.1) is 0 Å². The lowest BCUT2D eigenvalue weighted by molar-refractivity contribution is 0.275. The summed E-state index contributed by atoms with van der Waals surface area (Å²) < 4.78 is 0. The third-order valence-corrected chi connectivity index (χ3v) is 3.66. The standard InChI is InChI=1S/C13H27N5.HI/c1-17-7-3-9-18(11-10-17)8-2-6-15-13(14)16-12-4-5-12;/h12H,2-11H2,1H3,(H3,14,15,16);1H. The maximum atomic E-state index is 5.80. The van der Waals surface area contributed by atoms with Gasteiger partial charge >= 0.3 is 0 Å². The normalized spacial score (nSPS) is 22.7. The molecule has 0 radical (unpaired) electrons. The first kappa shape index (κ1) is 17.0. The van der Waals surface area contributed by atoms with E-state index in [0.717, 1.165) is 19.5 Å². The van der Waals surface area contributed by atoms with Crippen molar-refractivity contribution in [3.05, 3.63) is 0 Å². The zero-order valence-corrected chi connectivity index (χ0v) is 14.3. The van der Waals surface area contributed by atoms with Crippen molar-refractivity contribution in [3.8, 4) is 0 Å². The molecule has 1 aliphatic carbocycles. The molecule has 6 heteroatoms. The van der Waals surface area contributed by atoms with Crippen LogP contribution in [0.5, 0.6) is 0 Å². The zero-order chi connectivity index (χ0) is 12.8. The van der Waals surface area contributed by atoms with E-state index in [1.54, 1.807) is 0 Å². The summed E-state index contributed by atoms with van der Waals surface area (Å²) >= 11 is 0. The van der Waals surface area contributed by atoms with Crippen molar-refractivity contribution in [2.24, 2.45) is 10.7 Å². The number of nitrogens with two attached hydrogens (primary N) is 1. The summed E-state index contributed by atoms with van der Waals surface area (Å²) in [5.74, 6) is 0.632. The Morgan fingerprint density at radius 1 is 1.26 bits per heavy atom. The molecule has 0 bridgehead atoms. The third kappa shape index (κ3) is 7.31. The summed E-state index contributed by atoms with van der Waals surface area (Å²) in [6.07, 6.45) is 4.89. The van der Waals surface area contributed by atoms with E-state index < -0.39 is 0 Å². The van der Waals surface area contributed by atoms with E-state index in [9.17, 15) is 0 Å². The largest absolute Gasteiger partial charge is 0.370 e. The number of nitrogens with one attached hydrogen (secondary N) is 1. The number of hydrogen-bond donors (Lipinski definition) is 2. The number of likely N-dealkylation sites (N-methyl/N-ethyl adjacent to an activating group) is 1. The maximum Gasteiger partial charge on any atom is 0.188 e. The van der Waals surface area contributed by atoms with Crippen LogP contribution in [0.1, 0.15) is 25.7 Å². The van der Waals surface area contributed by atoms with E-state index in [1.807, 2.05) is 0 Å². The third-order valence-electron chi connectivity index (χ3n) is 3.66. The maximum absolute atomic E-state index is 5.80. The first-order valence-electron chi connectivity index (χ1n) is 7.21. The molecule has 1 saturated heterocycles. The Bertz CT molecular complexity index is 280. The number of hydrogen-bond acceptors (Lipinski definition) is 3. The minimum Gasteiger partial charge on any atom is -0.370 e. The lowest BCUT2D eigenvalue weighted by Crippen LogP contribution is -2.34. The van der Waals surface area contributed by atoms with Crippen molar-refractivity contribution in [3.63, 3.8) is 0 Å². The quantitative estimate of drug-likeness (QED) is 0.319. The van der Waals surface area contributed by atoms with Gasteiger partial charge in [-0.1, -0.05) is 0 Å². The van der Waals surface area contributed by atoms with Crippen LogP contribution in [0.2, 0.25) is 0 Å². The Labute approximate surface area is 134 Å². The highest BCUT2D eigenvalue weighted by Crippen LogP contribution is 2.17. The number of halogens is 1. The molecule has 2 fully saturated rings. The van der Waals surface area contributed by atoms with Gasteiger partial charge in [-0.25, -0.2) is 0 Å². The summed E-state index contributed by atoms with van der Waals surface area (Å²) in [7, 11) is 2.21. The molecule has 2 rings (SSSR count). The monoisotopic (exact) mass is 381 g/mol. The second kappa shape index (κ2) is 8.97. The Balaban J connectivity index is 0.00000180. The van der Waals surface area contributed by atoms with Crippen molar-refractivity contribution in [2.45, 2.75) is 31.7 Å². The highest BCUT2D eigenvalue weighted by molar-refractivity contribution is 14.0. The Kier molecular flexibility index (Phi) is 8.01. The molecule has 2 aliphatic rings. The summed E-state index contributed by atoms with van der Waals surface area (Å²) in [6.45, 7) is 6.83. The van der Waals surface area contributed by atoms with Crippen LogP contribution in [0, 0.1) is 0 Å². The molecule has 5 nitrogen and oxygen atoms in total. The molecule has 0 atom stereocenters. The van der Waals surface area contributed by atoms with E-state index in [2.05, 4.69) is 27.2 Å². The summed E-state index contributed by atoms with van der Waals surface area (Å²) in [5, 5.41) is 3.22. The average Bonchev–Trinajstić information content (AvgIpc) is 3.14. The van der Waals surface area contributed by atoms with Crippen molar-refractivity contribution in [2.75, 3.05) is 46.3 Å². The second-order valence-corrected chi connectivity index (χ2v) is 5.54. The smallest absolute Gasteiger partial charge is 0.188 e. The van der Waals surface area contributed by atoms with E-state index in [-0.39, 0.29) is 24.0 Å². The molecule has 0 spiro atoms. The number of aliphatic imine (C=N–C) groups is 1. The summed E-state index contributed by atoms with van der Waals surface area (Å²) in [5.41, 5.74) is 5.80. The van der Waals surface area contributed by atoms with E-state index in [1.165, 1.54) is 45.4 Å². The molecular weight excluding hydrogens is 353 g/mol. The predicted octanol–water partition coefficient (Wildman–Crippen LogP) is 0.699. The van der Waals surface area contributed by atoms with Crippen LogP contribution in [0.25, 0.3) is 0 Å².